The highest BCUT2D eigenvalue weighted by molar-refractivity contribution is 5.70. The molecule has 0 aliphatic carbocycles. The van der Waals surface area contributed by atoms with Crippen LogP contribution in [0.5, 0.6) is 0 Å². The maximum atomic E-state index is 5.49. The SMILES string of the molecule is c1cncc(C(Cc2ccccc2-c2ccc(N3CCOCC3)cc2)c2cccnc2)c1. The molecule has 2 aromatic carbocycles. The van der Waals surface area contributed by atoms with E-state index in [0.29, 0.717) is 0 Å². The molecule has 2 aromatic heterocycles. The number of nitrogens with zero attached hydrogens (tertiary/aromatic N) is 3. The van der Waals surface area contributed by atoms with Crippen molar-refractivity contribution in [3.8, 4) is 11.1 Å². The molecule has 0 bridgehead atoms. The molecule has 4 aromatic rings. The molecule has 3 heterocycles. The molecule has 0 unspecified atom stereocenters. The highest BCUT2D eigenvalue weighted by Gasteiger charge is 2.18. The van der Waals surface area contributed by atoms with Gasteiger partial charge in [-0.25, -0.2) is 0 Å². The van der Waals surface area contributed by atoms with Crippen molar-refractivity contribution in [2.45, 2.75) is 12.3 Å². The molecule has 0 spiro atoms. The second-order valence-corrected chi connectivity index (χ2v) is 8.13. The summed E-state index contributed by atoms with van der Waals surface area (Å²) >= 11 is 0. The van der Waals surface area contributed by atoms with E-state index in [4.69, 9.17) is 4.74 Å². The number of morpholine rings is 1. The molecule has 1 fully saturated rings. The maximum absolute atomic E-state index is 5.49. The van der Waals surface area contributed by atoms with E-state index in [1.54, 1.807) is 0 Å². The van der Waals surface area contributed by atoms with E-state index in [9.17, 15) is 0 Å². The fraction of sp³-hybridized carbons (Fsp3) is 0.214. The molecular weight excluding hydrogens is 394 g/mol. The zero-order valence-electron chi connectivity index (χ0n) is 18.1. The summed E-state index contributed by atoms with van der Waals surface area (Å²) in [7, 11) is 0. The number of pyridine rings is 2. The molecule has 1 aliphatic rings. The van der Waals surface area contributed by atoms with Crippen molar-refractivity contribution < 1.29 is 4.74 Å². The van der Waals surface area contributed by atoms with Gasteiger partial charge < -0.3 is 9.64 Å². The lowest BCUT2D eigenvalue weighted by Crippen LogP contribution is -2.36. The van der Waals surface area contributed by atoms with Crippen molar-refractivity contribution in [2.75, 3.05) is 31.2 Å². The van der Waals surface area contributed by atoms with Crippen LogP contribution in [0.4, 0.5) is 5.69 Å². The smallest absolute Gasteiger partial charge is 0.0642 e. The Bertz CT molecular complexity index is 1080. The zero-order chi connectivity index (χ0) is 21.6. The predicted molar refractivity (Wildman–Crippen MR) is 129 cm³/mol. The minimum absolute atomic E-state index is 0.200. The number of aromatic nitrogens is 2. The molecule has 0 atom stereocenters. The number of anilines is 1. The molecule has 0 saturated carbocycles. The standard InChI is InChI=1S/C28H27N3O/c1-2-8-27(22-9-11-26(12-10-22)31-15-17-32-18-16-31)23(5-1)19-28(24-6-3-13-29-20-24)25-7-4-14-30-21-25/h1-14,20-21,28H,15-19H2. The summed E-state index contributed by atoms with van der Waals surface area (Å²) in [5.74, 6) is 0.200. The molecule has 160 valence electrons. The number of hydrogen-bond acceptors (Lipinski definition) is 4. The van der Waals surface area contributed by atoms with Gasteiger partial charge in [0, 0.05) is 49.5 Å². The average Bonchev–Trinajstić information content (AvgIpc) is 2.89. The van der Waals surface area contributed by atoms with Gasteiger partial charge in [0.05, 0.1) is 13.2 Å². The summed E-state index contributed by atoms with van der Waals surface area (Å²) < 4.78 is 5.49. The Morgan fingerprint density at radius 2 is 1.41 bits per heavy atom. The molecule has 1 saturated heterocycles. The van der Waals surface area contributed by atoms with Gasteiger partial charge in [0.25, 0.3) is 0 Å². The molecule has 32 heavy (non-hydrogen) atoms. The van der Waals surface area contributed by atoms with E-state index in [2.05, 4.69) is 75.5 Å². The first-order valence-corrected chi connectivity index (χ1v) is 11.2. The van der Waals surface area contributed by atoms with Crippen LogP contribution in [0.2, 0.25) is 0 Å². The summed E-state index contributed by atoms with van der Waals surface area (Å²) in [6.07, 6.45) is 8.48. The van der Waals surface area contributed by atoms with Crippen molar-refractivity contribution in [1.29, 1.82) is 0 Å². The summed E-state index contributed by atoms with van der Waals surface area (Å²) in [6, 6.07) is 26.0. The number of benzene rings is 2. The van der Waals surface area contributed by atoms with Crippen molar-refractivity contribution in [3.63, 3.8) is 0 Å². The Hall–Kier alpha value is -3.50. The molecule has 4 nitrogen and oxygen atoms in total. The third-order valence-electron chi connectivity index (χ3n) is 6.17. The van der Waals surface area contributed by atoms with E-state index in [1.807, 2.05) is 36.9 Å². The molecule has 5 rings (SSSR count). The lowest BCUT2D eigenvalue weighted by atomic mass is 9.85. The zero-order valence-corrected chi connectivity index (χ0v) is 18.1. The van der Waals surface area contributed by atoms with Gasteiger partial charge in [-0.1, -0.05) is 48.5 Å². The Labute approximate surface area is 189 Å². The van der Waals surface area contributed by atoms with Gasteiger partial charge in [0.1, 0.15) is 0 Å². The van der Waals surface area contributed by atoms with Crippen LogP contribution in [0.1, 0.15) is 22.6 Å². The Balaban J connectivity index is 1.46. The Morgan fingerprint density at radius 3 is 2.03 bits per heavy atom. The minimum Gasteiger partial charge on any atom is -0.378 e. The molecule has 0 N–H and O–H groups in total. The van der Waals surface area contributed by atoms with E-state index in [0.717, 1.165) is 32.7 Å². The van der Waals surface area contributed by atoms with Gasteiger partial charge in [-0.2, -0.15) is 0 Å². The predicted octanol–water partition coefficient (Wildman–Crippen LogP) is 5.35. The maximum Gasteiger partial charge on any atom is 0.0642 e. The summed E-state index contributed by atoms with van der Waals surface area (Å²) in [6.45, 7) is 3.50. The first kappa shape index (κ1) is 20.4. The summed E-state index contributed by atoms with van der Waals surface area (Å²) in [4.78, 5) is 11.1. The second kappa shape index (κ2) is 9.75. The summed E-state index contributed by atoms with van der Waals surface area (Å²) in [5, 5.41) is 0. The van der Waals surface area contributed by atoms with E-state index < -0.39 is 0 Å². The van der Waals surface area contributed by atoms with E-state index in [-0.39, 0.29) is 5.92 Å². The molecule has 0 amide bonds. The monoisotopic (exact) mass is 421 g/mol. The number of rotatable bonds is 6. The van der Waals surface area contributed by atoms with Crippen molar-refractivity contribution >= 4 is 5.69 Å². The first-order valence-electron chi connectivity index (χ1n) is 11.2. The first-order chi connectivity index (χ1) is 15.9. The topological polar surface area (TPSA) is 38.2 Å². The van der Waals surface area contributed by atoms with Crippen LogP contribution in [0.25, 0.3) is 11.1 Å². The van der Waals surface area contributed by atoms with Crippen LogP contribution in [-0.4, -0.2) is 36.3 Å². The number of ether oxygens (including phenoxy) is 1. The fourth-order valence-corrected chi connectivity index (χ4v) is 4.47. The highest BCUT2D eigenvalue weighted by atomic mass is 16.5. The Morgan fingerprint density at radius 1 is 0.750 bits per heavy atom. The molecule has 0 radical (unpaired) electrons. The normalized spacial score (nSPS) is 14.0. The van der Waals surface area contributed by atoms with Crippen molar-refractivity contribution in [2.24, 2.45) is 0 Å². The molecular formula is C28H27N3O. The Kier molecular flexibility index (Phi) is 6.22. The van der Waals surface area contributed by atoms with Gasteiger partial charge in [0.2, 0.25) is 0 Å². The fourth-order valence-electron chi connectivity index (χ4n) is 4.47. The lowest BCUT2D eigenvalue weighted by Gasteiger charge is -2.29. The second-order valence-electron chi connectivity index (χ2n) is 8.13. The van der Waals surface area contributed by atoms with Crippen LogP contribution in [0, 0.1) is 0 Å². The van der Waals surface area contributed by atoms with E-state index >= 15 is 0 Å². The average molecular weight is 422 g/mol. The largest absolute Gasteiger partial charge is 0.378 e. The van der Waals surface area contributed by atoms with Crippen molar-refractivity contribution in [3.05, 3.63) is 114 Å². The van der Waals surface area contributed by atoms with Gasteiger partial charge in [-0.15, -0.1) is 0 Å². The third kappa shape index (κ3) is 4.56. The molecule has 1 aliphatic heterocycles. The van der Waals surface area contributed by atoms with Gasteiger partial charge in [0.15, 0.2) is 0 Å². The van der Waals surface area contributed by atoms with Crippen LogP contribution in [0.3, 0.4) is 0 Å². The quantitative estimate of drug-likeness (QED) is 0.420. The van der Waals surface area contributed by atoms with E-state index in [1.165, 1.54) is 33.5 Å². The van der Waals surface area contributed by atoms with Crippen LogP contribution in [0.15, 0.2) is 97.6 Å². The van der Waals surface area contributed by atoms with Gasteiger partial charge in [-0.05, 0) is 58.5 Å². The number of hydrogen-bond donors (Lipinski definition) is 0. The summed E-state index contributed by atoms with van der Waals surface area (Å²) in [5.41, 5.74) is 7.52. The van der Waals surface area contributed by atoms with Crippen molar-refractivity contribution in [1.82, 2.24) is 9.97 Å². The lowest BCUT2D eigenvalue weighted by molar-refractivity contribution is 0.122. The van der Waals surface area contributed by atoms with Crippen LogP contribution >= 0.6 is 0 Å². The van der Waals surface area contributed by atoms with Crippen LogP contribution in [-0.2, 0) is 11.2 Å². The highest BCUT2D eigenvalue weighted by Crippen LogP contribution is 2.33. The third-order valence-corrected chi connectivity index (χ3v) is 6.17. The van der Waals surface area contributed by atoms with Crippen LogP contribution < -0.4 is 4.90 Å². The van der Waals surface area contributed by atoms with Gasteiger partial charge >= 0.3 is 0 Å². The minimum atomic E-state index is 0.200. The molecule has 4 heteroatoms. The van der Waals surface area contributed by atoms with Gasteiger partial charge in [-0.3, -0.25) is 9.97 Å².